The quantitative estimate of drug-likeness (QED) is 0.483. The molecule has 0 atom stereocenters. The second-order valence-electron chi connectivity index (χ2n) is 4.51. The molecule has 6 heteroatoms. The van der Waals surface area contributed by atoms with Gasteiger partial charge in [0, 0.05) is 33.4 Å². The van der Waals surface area contributed by atoms with Gasteiger partial charge in [0.25, 0.3) is 0 Å². The second kappa shape index (κ2) is 6.48. The van der Waals surface area contributed by atoms with Gasteiger partial charge in [0.15, 0.2) is 0 Å². The van der Waals surface area contributed by atoms with Crippen molar-refractivity contribution in [1.82, 2.24) is 9.55 Å². The number of imidazole rings is 1. The van der Waals surface area contributed by atoms with Gasteiger partial charge in [-0.2, -0.15) is 11.3 Å². The average molecular weight is 349 g/mol. The number of thiophene rings is 1. The van der Waals surface area contributed by atoms with Crippen molar-refractivity contribution in [3.63, 3.8) is 0 Å². The van der Waals surface area contributed by atoms with Gasteiger partial charge < -0.3 is 4.57 Å². The predicted molar refractivity (Wildman–Crippen MR) is 91.5 cm³/mol. The largest absolute Gasteiger partial charge is 0.303 e. The van der Waals surface area contributed by atoms with E-state index in [4.69, 9.17) is 23.2 Å². The Kier molecular flexibility index (Phi) is 4.43. The zero-order chi connectivity index (χ0) is 15.5. The number of aromatic nitrogens is 2. The van der Waals surface area contributed by atoms with Gasteiger partial charge in [0.2, 0.25) is 5.78 Å². The maximum Gasteiger partial charge on any atom is 0.210 e. The molecule has 1 aromatic carbocycles. The van der Waals surface area contributed by atoms with Crippen LogP contribution in [0.3, 0.4) is 0 Å². The molecule has 0 saturated carbocycles. The number of allylic oxidation sites excluding steroid dienone is 1. The van der Waals surface area contributed by atoms with E-state index in [2.05, 4.69) is 4.98 Å². The SMILES string of the molecule is O=C(C(=Cc1ccc(Cl)cc1Cl)n1ccnc1)c1ccsc1. The van der Waals surface area contributed by atoms with Crippen molar-refractivity contribution >= 4 is 52.1 Å². The number of benzene rings is 1. The minimum Gasteiger partial charge on any atom is -0.303 e. The maximum atomic E-state index is 12.7. The van der Waals surface area contributed by atoms with Crippen LogP contribution in [0.4, 0.5) is 0 Å². The van der Waals surface area contributed by atoms with Crippen molar-refractivity contribution in [2.45, 2.75) is 0 Å². The van der Waals surface area contributed by atoms with Gasteiger partial charge in [0.1, 0.15) is 0 Å². The number of hydrogen-bond acceptors (Lipinski definition) is 3. The lowest BCUT2D eigenvalue weighted by atomic mass is 10.1. The molecule has 0 N–H and O–H groups in total. The minimum atomic E-state index is -0.0923. The van der Waals surface area contributed by atoms with E-state index in [1.807, 2.05) is 10.8 Å². The summed E-state index contributed by atoms with van der Waals surface area (Å²) in [5, 5.41) is 4.73. The number of Topliss-reactive ketones (excluding diaryl/α,β-unsaturated/α-hetero) is 1. The zero-order valence-electron chi connectivity index (χ0n) is 11.2. The van der Waals surface area contributed by atoms with Crippen molar-refractivity contribution in [2.75, 3.05) is 0 Å². The van der Waals surface area contributed by atoms with Gasteiger partial charge in [-0.15, -0.1) is 0 Å². The molecule has 3 nitrogen and oxygen atoms in total. The van der Waals surface area contributed by atoms with Crippen molar-refractivity contribution in [3.8, 4) is 0 Å². The molecule has 0 radical (unpaired) electrons. The Bertz CT molecular complexity index is 824. The van der Waals surface area contributed by atoms with Gasteiger partial charge in [-0.3, -0.25) is 4.79 Å². The van der Waals surface area contributed by atoms with E-state index in [0.717, 1.165) is 5.56 Å². The summed E-state index contributed by atoms with van der Waals surface area (Å²) in [7, 11) is 0. The van der Waals surface area contributed by atoms with Gasteiger partial charge in [0.05, 0.1) is 12.0 Å². The normalized spacial score (nSPS) is 11.6. The van der Waals surface area contributed by atoms with Crippen LogP contribution in [0.2, 0.25) is 10.0 Å². The fourth-order valence-electron chi connectivity index (χ4n) is 1.97. The Labute approximate surface area is 141 Å². The minimum absolute atomic E-state index is 0.0923. The first kappa shape index (κ1) is 15.0. The smallest absolute Gasteiger partial charge is 0.210 e. The molecule has 110 valence electrons. The zero-order valence-corrected chi connectivity index (χ0v) is 13.6. The Morgan fingerprint density at radius 1 is 1.27 bits per heavy atom. The number of ketones is 1. The summed E-state index contributed by atoms with van der Waals surface area (Å²) in [5.74, 6) is -0.0923. The number of hydrogen-bond donors (Lipinski definition) is 0. The molecule has 0 amide bonds. The van der Waals surface area contributed by atoms with Gasteiger partial charge in [-0.1, -0.05) is 29.3 Å². The lowest BCUT2D eigenvalue weighted by Crippen LogP contribution is -2.07. The highest BCUT2D eigenvalue weighted by molar-refractivity contribution is 7.08. The van der Waals surface area contributed by atoms with Crippen LogP contribution < -0.4 is 0 Å². The van der Waals surface area contributed by atoms with Crippen LogP contribution >= 0.6 is 34.5 Å². The highest BCUT2D eigenvalue weighted by Crippen LogP contribution is 2.25. The first-order valence-electron chi connectivity index (χ1n) is 6.37. The summed E-state index contributed by atoms with van der Waals surface area (Å²) in [6.45, 7) is 0. The summed E-state index contributed by atoms with van der Waals surface area (Å²) in [6.07, 6.45) is 6.67. The Balaban J connectivity index is 2.09. The van der Waals surface area contributed by atoms with E-state index >= 15 is 0 Å². The first-order chi connectivity index (χ1) is 10.6. The van der Waals surface area contributed by atoms with Crippen molar-refractivity contribution < 1.29 is 4.79 Å². The fraction of sp³-hybridized carbons (Fsp3) is 0. The maximum absolute atomic E-state index is 12.7. The van der Waals surface area contributed by atoms with Crippen molar-refractivity contribution in [3.05, 3.63) is 74.9 Å². The summed E-state index contributed by atoms with van der Waals surface area (Å²) in [4.78, 5) is 16.7. The molecule has 0 fully saturated rings. The van der Waals surface area contributed by atoms with Gasteiger partial charge >= 0.3 is 0 Å². The third-order valence-corrected chi connectivity index (χ3v) is 4.30. The van der Waals surface area contributed by atoms with Crippen LogP contribution in [0.25, 0.3) is 11.8 Å². The highest BCUT2D eigenvalue weighted by Gasteiger charge is 2.15. The molecule has 3 rings (SSSR count). The lowest BCUT2D eigenvalue weighted by molar-refractivity contribution is 0.105. The molecule has 3 aromatic rings. The van der Waals surface area contributed by atoms with Gasteiger partial charge in [-0.05, 0) is 35.2 Å². The van der Waals surface area contributed by atoms with Crippen LogP contribution in [-0.4, -0.2) is 15.3 Å². The fourth-order valence-corrected chi connectivity index (χ4v) is 3.07. The molecule has 0 unspecified atom stereocenters. The van der Waals surface area contributed by atoms with Crippen LogP contribution in [0, 0.1) is 0 Å². The van der Waals surface area contributed by atoms with Crippen molar-refractivity contribution in [1.29, 1.82) is 0 Å². The second-order valence-corrected chi connectivity index (χ2v) is 6.13. The van der Waals surface area contributed by atoms with E-state index in [1.54, 1.807) is 53.6 Å². The van der Waals surface area contributed by atoms with Crippen molar-refractivity contribution in [2.24, 2.45) is 0 Å². The van der Waals surface area contributed by atoms with Crippen LogP contribution in [0.5, 0.6) is 0 Å². The van der Waals surface area contributed by atoms with E-state index in [9.17, 15) is 4.79 Å². The third kappa shape index (κ3) is 3.14. The highest BCUT2D eigenvalue weighted by atomic mass is 35.5. The molecule has 0 aliphatic carbocycles. The van der Waals surface area contributed by atoms with E-state index < -0.39 is 0 Å². The molecular weight excluding hydrogens is 339 g/mol. The molecule has 2 aromatic heterocycles. The number of nitrogens with zero attached hydrogens (tertiary/aromatic N) is 2. The lowest BCUT2D eigenvalue weighted by Gasteiger charge is -2.08. The molecule has 0 spiro atoms. The Hall–Kier alpha value is -1.88. The van der Waals surface area contributed by atoms with Crippen LogP contribution in [0.1, 0.15) is 15.9 Å². The Morgan fingerprint density at radius 3 is 2.77 bits per heavy atom. The Morgan fingerprint density at radius 2 is 2.14 bits per heavy atom. The third-order valence-electron chi connectivity index (χ3n) is 3.05. The van der Waals surface area contributed by atoms with E-state index in [0.29, 0.717) is 21.3 Å². The number of rotatable bonds is 4. The number of halogens is 2. The van der Waals surface area contributed by atoms with Gasteiger partial charge in [-0.25, -0.2) is 4.98 Å². The number of carbonyl (C=O) groups is 1. The first-order valence-corrected chi connectivity index (χ1v) is 8.07. The predicted octanol–water partition coefficient (Wildman–Crippen LogP) is 5.13. The molecular formula is C16H10Cl2N2OS. The van der Waals surface area contributed by atoms with Crippen LogP contribution in [0.15, 0.2) is 53.7 Å². The van der Waals surface area contributed by atoms with E-state index in [-0.39, 0.29) is 5.78 Å². The monoisotopic (exact) mass is 348 g/mol. The summed E-state index contributed by atoms with van der Waals surface area (Å²) >= 11 is 13.6. The summed E-state index contributed by atoms with van der Waals surface area (Å²) in [6, 6.07) is 6.96. The summed E-state index contributed by atoms with van der Waals surface area (Å²) in [5.41, 5.74) is 1.83. The molecule has 0 aliphatic heterocycles. The molecule has 0 saturated heterocycles. The standard InChI is InChI=1S/C16H10Cl2N2OS/c17-13-2-1-11(14(18)8-13)7-15(20-5-4-19-10-20)16(21)12-3-6-22-9-12/h1-10H. The molecule has 0 bridgehead atoms. The average Bonchev–Trinajstić information content (AvgIpc) is 3.19. The molecule has 0 aliphatic rings. The van der Waals surface area contributed by atoms with E-state index in [1.165, 1.54) is 11.3 Å². The summed E-state index contributed by atoms with van der Waals surface area (Å²) < 4.78 is 1.67. The van der Waals surface area contributed by atoms with Crippen LogP contribution in [-0.2, 0) is 0 Å². The number of carbonyl (C=O) groups excluding carboxylic acids is 1. The molecule has 22 heavy (non-hydrogen) atoms. The topological polar surface area (TPSA) is 34.9 Å². The molecule has 2 heterocycles.